The molecule has 0 amide bonds. The van der Waals surface area contributed by atoms with Crippen LogP contribution in [0.5, 0.6) is 0 Å². The Balaban J connectivity index is 3.55. The van der Waals surface area contributed by atoms with Crippen molar-refractivity contribution in [3.8, 4) is 0 Å². The van der Waals surface area contributed by atoms with Crippen molar-refractivity contribution in [2.45, 2.75) is 58.8 Å². The van der Waals surface area contributed by atoms with Gasteiger partial charge in [-0.1, -0.05) is 38.2 Å². The Labute approximate surface area is 105 Å². The maximum absolute atomic E-state index is 11.4. The molecule has 0 radical (unpaired) electrons. The Kier molecular flexibility index (Phi) is 10.5. The van der Waals surface area contributed by atoms with Crippen LogP contribution in [0.3, 0.4) is 0 Å². The van der Waals surface area contributed by atoms with Gasteiger partial charge >= 0.3 is 0 Å². The maximum atomic E-state index is 11.4. The van der Waals surface area contributed by atoms with Gasteiger partial charge in [0.2, 0.25) is 0 Å². The lowest BCUT2D eigenvalue weighted by Gasteiger charge is -1.97. The molecule has 96 valence electrons. The van der Waals surface area contributed by atoms with Gasteiger partial charge in [-0.2, -0.15) is 0 Å². The minimum atomic E-state index is 0.228. The molecule has 2 heteroatoms. The van der Waals surface area contributed by atoms with Crippen LogP contribution in [0.2, 0.25) is 0 Å². The first kappa shape index (κ1) is 15.8. The highest BCUT2D eigenvalue weighted by Crippen LogP contribution is 2.03. The van der Waals surface area contributed by atoms with Gasteiger partial charge in [0.15, 0.2) is 0 Å². The van der Waals surface area contributed by atoms with Gasteiger partial charge < -0.3 is 0 Å². The van der Waals surface area contributed by atoms with E-state index in [0.717, 1.165) is 12.8 Å². The Morgan fingerprint density at radius 3 is 1.53 bits per heavy atom. The number of carbonyl (C=O) groups excluding carboxylic acids is 2. The number of ketones is 2. The first-order valence-corrected chi connectivity index (χ1v) is 6.54. The van der Waals surface area contributed by atoms with Crippen molar-refractivity contribution in [3.05, 3.63) is 24.3 Å². The van der Waals surface area contributed by atoms with Gasteiger partial charge in [0.05, 0.1) is 0 Å². The van der Waals surface area contributed by atoms with Crippen molar-refractivity contribution < 1.29 is 9.59 Å². The molecular weight excluding hydrogens is 212 g/mol. The van der Waals surface area contributed by atoms with Gasteiger partial charge in [-0.05, 0) is 19.3 Å². The number of allylic oxidation sites excluding steroid dienone is 4. The summed E-state index contributed by atoms with van der Waals surface area (Å²) in [5.41, 5.74) is 0. The zero-order valence-corrected chi connectivity index (χ0v) is 11.1. The van der Waals surface area contributed by atoms with Gasteiger partial charge in [-0.3, -0.25) is 9.59 Å². The molecule has 17 heavy (non-hydrogen) atoms. The van der Waals surface area contributed by atoms with Crippen LogP contribution in [-0.2, 0) is 9.59 Å². The lowest BCUT2D eigenvalue weighted by Crippen LogP contribution is -2.00. The van der Waals surface area contributed by atoms with Crippen LogP contribution in [-0.4, -0.2) is 11.6 Å². The summed E-state index contributed by atoms with van der Waals surface area (Å²) < 4.78 is 0. The third kappa shape index (κ3) is 11.1. The highest BCUT2D eigenvalue weighted by atomic mass is 16.1. The van der Waals surface area contributed by atoms with Gasteiger partial charge in [0.25, 0.3) is 0 Å². The van der Waals surface area contributed by atoms with Crippen LogP contribution >= 0.6 is 0 Å². The second-order valence-electron chi connectivity index (χ2n) is 4.10. The van der Waals surface area contributed by atoms with E-state index >= 15 is 0 Å². The SMILES string of the molecule is CCC=CCC(=O)CCCC(=O)CC=CCC. The number of Topliss-reactive ketones (excluding diaryl/α,β-unsaturated/α-hetero) is 2. The molecule has 0 atom stereocenters. The van der Waals surface area contributed by atoms with Crippen molar-refractivity contribution in [3.63, 3.8) is 0 Å². The highest BCUT2D eigenvalue weighted by Gasteiger charge is 2.03. The quantitative estimate of drug-likeness (QED) is 0.537. The summed E-state index contributed by atoms with van der Waals surface area (Å²) in [4.78, 5) is 22.8. The largest absolute Gasteiger partial charge is 0.299 e. The van der Waals surface area contributed by atoms with Crippen LogP contribution in [0.15, 0.2) is 24.3 Å². The molecule has 0 saturated heterocycles. The Hall–Kier alpha value is -1.18. The molecule has 0 rings (SSSR count). The fourth-order valence-electron chi connectivity index (χ4n) is 1.45. The first-order chi connectivity index (χ1) is 8.20. The molecule has 0 aliphatic rings. The van der Waals surface area contributed by atoms with Crippen molar-refractivity contribution >= 4 is 11.6 Å². The Bertz CT molecular complexity index is 247. The monoisotopic (exact) mass is 236 g/mol. The lowest BCUT2D eigenvalue weighted by atomic mass is 10.1. The summed E-state index contributed by atoms with van der Waals surface area (Å²) in [6.45, 7) is 4.09. The summed E-state index contributed by atoms with van der Waals surface area (Å²) in [6, 6.07) is 0. The van der Waals surface area contributed by atoms with E-state index in [1.54, 1.807) is 0 Å². The minimum Gasteiger partial charge on any atom is -0.299 e. The van der Waals surface area contributed by atoms with Crippen molar-refractivity contribution in [2.24, 2.45) is 0 Å². The second-order valence-corrected chi connectivity index (χ2v) is 4.10. The predicted molar refractivity (Wildman–Crippen MR) is 72.0 cm³/mol. The molecule has 0 fully saturated rings. The molecule has 0 heterocycles. The fourth-order valence-corrected chi connectivity index (χ4v) is 1.45. The Morgan fingerprint density at radius 2 is 1.18 bits per heavy atom. The van der Waals surface area contributed by atoms with Crippen LogP contribution in [0.1, 0.15) is 58.8 Å². The van der Waals surface area contributed by atoms with Gasteiger partial charge in [-0.25, -0.2) is 0 Å². The van der Waals surface area contributed by atoms with Crippen LogP contribution in [0.25, 0.3) is 0 Å². The lowest BCUT2D eigenvalue weighted by molar-refractivity contribution is -0.119. The van der Waals surface area contributed by atoms with Crippen LogP contribution in [0, 0.1) is 0 Å². The van der Waals surface area contributed by atoms with Crippen molar-refractivity contribution in [1.82, 2.24) is 0 Å². The molecule has 0 bridgehead atoms. The van der Waals surface area contributed by atoms with E-state index in [1.165, 1.54) is 0 Å². The number of rotatable bonds is 10. The minimum absolute atomic E-state index is 0.228. The predicted octanol–water partition coefficient (Wildman–Crippen LogP) is 4.01. The van der Waals surface area contributed by atoms with Gasteiger partial charge in [0, 0.05) is 25.7 Å². The molecule has 0 aromatic heterocycles. The fraction of sp³-hybridized carbons (Fsp3) is 0.600. The summed E-state index contributed by atoms with van der Waals surface area (Å²) in [6.07, 6.45) is 12.5. The second kappa shape index (κ2) is 11.3. The maximum Gasteiger partial charge on any atom is 0.136 e. The summed E-state index contributed by atoms with van der Waals surface area (Å²) in [7, 11) is 0. The van der Waals surface area contributed by atoms with Crippen LogP contribution in [0.4, 0.5) is 0 Å². The van der Waals surface area contributed by atoms with E-state index in [9.17, 15) is 9.59 Å². The molecule has 0 unspecified atom stereocenters. The van der Waals surface area contributed by atoms with Gasteiger partial charge in [0.1, 0.15) is 11.6 Å². The summed E-state index contributed by atoms with van der Waals surface area (Å²) in [5.74, 6) is 0.457. The van der Waals surface area contributed by atoms with E-state index in [2.05, 4.69) is 0 Å². The topological polar surface area (TPSA) is 34.1 Å². The molecule has 0 saturated carbocycles. The smallest absolute Gasteiger partial charge is 0.136 e. The molecule has 0 aromatic carbocycles. The average Bonchev–Trinajstić information content (AvgIpc) is 2.30. The van der Waals surface area contributed by atoms with E-state index in [-0.39, 0.29) is 11.6 Å². The van der Waals surface area contributed by atoms with E-state index in [4.69, 9.17) is 0 Å². The van der Waals surface area contributed by atoms with Gasteiger partial charge in [-0.15, -0.1) is 0 Å². The normalized spacial score (nSPS) is 11.4. The number of carbonyl (C=O) groups is 2. The molecule has 0 spiro atoms. The zero-order valence-electron chi connectivity index (χ0n) is 11.1. The van der Waals surface area contributed by atoms with Crippen molar-refractivity contribution in [1.29, 1.82) is 0 Å². The van der Waals surface area contributed by atoms with E-state index in [0.29, 0.717) is 32.1 Å². The number of hydrogen-bond acceptors (Lipinski definition) is 2. The third-order valence-corrected chi connectivity index (χ3v) is 2.41. The molecule has 0 N–H and O–H groups in total. The molecule has 0 aliphatic heterocycles. The Morgan fingerprint density at radius 1 is 0.765 bits per heavy atom. The van der Waals surface area contributed by atoms with Crippen LogP contribution < -0.4 is 0 Å². The van der Waals surface area contributed by atoms with E-state index < -0.39 is 0 Å². The zero-order chi connectivity index (χ0) is 12.9. The summed E-state index contributed by atoms with van der Waals surface area (Å²) in [5, 5.41) is 0. The molecule has 0 aromatic rings. The molecular formula is C15H24O2. The van der Waals surface area contributed by atoms with E-state index in [1.807, 2.05) is 38.2 Å². The van der Waals surface area contributed by atoms with Crippen molar-refractivity contribution in [2.75, 3.05) is 0 Å². The number of hydrogen-bond donors (Lipinski definition) is 0. The molecule has 0 aliphatic carbocycles. The highest BCUT2D eigenvalue weighted by molar-refractivity contribution is 5.82. The third-order valence-electron chi connectivity index (χ3n) is 2.41. The summed E-state index contributed by atoms with van der Waals surface area (Å²) >= 11 is 0. The standard InChI is InChI=1S/C15H24O2/c1-3-5-7-10-14(16)12-9-13-15(17)11-8-6-4-2/h5-8H,3-4,9-13H2,1-2H3. The first-order valence-electron chi connectivity index (χ1n) is 6.54. The molecule has 2 nitrogen and oxygen atoms in total. The average molecular weight is 236 g/mol.